The van der Waals surface area contributed by atoms with E-state index in [0.717, 1.165) is 10.5 Å². The van der Waals surface area contributed by atoms with Gasteiger partial charge in [0.2, 0.25) is 5.88 Å². The summed E-state index contributed by atoms with van der Waals surface area (Å²) < 4.78 is 6.00. The lowest BCUT2D eigenvalue weighted by Crippen LogP contribution is -2.33. The van der Waals surface area contributed by atoms with Gasteiger partial charge in [-0.15, -0.1) is 10.2 Å². The van der Waals surface area contributed by atoms with Crippen LogP contribution in [0.3, 0.4) is 0 Å². The second-order valence-electron chi connectivity index (χ2n) is 7.73. The predicted molar refractivity (Wildman–Crippen MR) is 106 cm³/mol. The number of amides is 3. The summed E-state index contributed by atoms with van der Waals surface area (Å²) in [5.41, 5.74) is 1.45. The first kappa shape index (κ1) is 20.2. The molecule has 1 fully saturated rings. The summed E-state index contributed by atoms with van der Waals surface area (Å²) in [6.45, 7) is 16.7. The Hall–Kier alpha value is -3.54. The lowest BCUT2D eigenvalue weighted by atomic mass is 9.86. The largest absolute Gasteiger partial charge is 0.437 e. The summed E-state index contributed by atoms with van der Waals surface area (Å²) in [4.78, 5) is 33.2. The first-order valence-corrected chi connectivity index (χ1v) is 9.21. The van der Waals surface area contributed by atoms with Crippen molar-refractivity contribution in [1.29, 1.82) is 0 Å². The van der Waals surface area contributed by atoms with Gasteiger partial charge in [-0.1, -0.05) is 33.8 Å². The van der Waals surface area contributed by atoms with Crippen molar-refractivity contribution in [2.24, 2.45) is 0 Å². The van der Waals surface area contributed by atoms with Crippen LogP contribution < -0.4 is 15.0 Å². The van der Waals surface area contributed by atoms with Crippen LogP contribution in [-0.2, 0) is 10.2 Å². The van der Waals surface area contributed by atoms with E-state index in [1.165, 1.54) is 0 Å². The summed E-state index contributed by atoms with van der Waals surface area (Å²) in [7, 11) is 0. The van der Waals surface area contributed by atoms with Crippen molar-refractivity contribution in [3.05, 3.63) is 40.9 Å². The average Bonchev–Trinajstić information content (AvgIpc) is 2.96. The van der Waals surface area contributed by atoms with Crippen molar-refractivity contribution in [3.8, 4) is 11.6 Å². The van der Waals surface area contributed by atoms with Gasteiger partial charge in [-0.05, 0) is 36.5 Å². The molecule has 2 aromatic rings. The molecule has 29 heavy (non-hydrogen) atoms. The third-order valence-electron chi connectivity index (χ3n) is 4.53. The van der Waals surface area contributed by atoms with Crippen LogP contribution in [0.5, 0.6) is 11.6 Å². The zero-order valence-electron chi connectivity index (χ0n) is 17.0. The van der Waals surface area contributed by atoms with E-state index in [-0.39, 0.29) is 17.2 Å². The molecule has 3 rings (SSSR count). The molecule has 1 aromatic heterocycles. The highest BCUT2D eigenvalue weighted by Crippen LogP contribution is 2.37. The molecular formula is C20H22N6O3. The molecule has 1 saturated heterocycles. The number of hydrogen-bond acceptors (Lipinski definition) is 6. The SMILES string of the molecule is [C-]#[N+]c1ccc(Oc2nc(N3C(=O)N[C@H](CC)C3=O)nnc2C)c(C(C)(C)C)c1. The summed E-state index contributed by atoms with van der Waals surface area (Å²) in [6.07, 6.45) is 0.464. The molecule has 2 heterocycles. The number of hydrogen-bond donors (Lipinski definition) is 1. The molecule has 0 spiro atoms. The number of carbonyl (C=O) groups is 2. The van der Waals surface area contributed by atoms with E-state index in [9.17, 15) is 9.59 Å². The molecule has 150 valence electrons. The van der Waals surface area contributed by atoms with E-state index >= 15 is 0 Å². The van der Waals surface area contributed by atoms with Crippen LogP contribution in [0.4, 0.5) is 16.4 Å². The summed E-state index contributed by atoms with van der Waals surface area (Å²) in [5.74, 6) is 0.0877. The standard InChI is InChI=1S/C20H22N6O3/c1-7-14-17(27)26(19(28)22-14)18-23-16(11(2)24-25-18)29-15-9-8-12(21-6)10-13(15)20(3,4)5/h8-10,14H,7H2,1-5H3,(H,22,28)/t14-/m1/s1. The van der Waals surface area contributed by atoms with E-state index in [4.69, 9.17) is 11.3 Å². The van der Waals surface area contributed by atoms with E-state index in [0.29, 0.717) is 23.6 Å². The lowest BCUT2D eigenvalue weighted by molar-refractivity contribution is -0.118. The average molecular weight is 394 g/mol. The minimum Gasteiger partial charge on any atom is -0.437 e. The highest BCUT2D eigenvalue weighted by Gasteiger charge is 2.40. The van der Waals surface area contributed by atoms with Crippen LogP contribution in [-0.4, -0.2) is 33.2 Å². The first-order valence-electron chi connectivity index (χ1n) is 9.21. The number of imide groups is 1. The Labute approximate surface area is 168 Å². The molecule has 1 atom stereocenters. The quantitative estimate of drug-likeness (QED) is 0.627. The molecule has 9 heteroatoms. The van der Waals surface area contributed by atoms with Crippen molar-refractivity contribution in [3.63, 3.8) is 0 Å². The number of aromatic nitrogens is 3. The minimum atomic E-state index is -0.606. The normalized spacial score (nSPS) is 16.6. The maximum atomic E-state index is 12.4. The number of aryl methyl sites for hydroxylation is 1. The van der Waals surface area contributed by atoms with Crippen LogP contribution in [0.15, 0.2) is 18.2 Å². The maximum absolute atomic E-state index is 12.4. The summed E-state index contributed by atoms with van der Waals surface area (Å²) >= 11 is 0. The number of rotatable bonds is 4. The Morgan fingerprint density at radius 1 is 1.28 bits per heavy atom. The highest BCUT2D eigenvalue weighted by molar-refractivity contribution is 6.20. The molecule has 9 nitrogen and oxygen atoms in total. The van der Waals surface area contributed by atoms with Crippen LogP contribution in [0.1, 0.15) is 45.4 Å². The zero-order valence-corrected chi connectivity index (χ0v) is 17.0. The first-order chi connectivity index (χ1) is 13.7. The second-order valence-corrected chi connectivity index (χ2v) is 7.73. The Bertz CT molecular complexity index is 1020. The third kappa shape index (κ3) is 3.87. The molecule has 0 bridgehead atoms. The summed E-state index contributed by atoms with van der Waals surface area (Å²) in [6, 6.07) is 3.94. The number of nitrogens with one attached hydrogen (secondary N) is 1. The molecule has 3 amide bonds. The monoisotopic (exact) mass is 394 g/mol. The van der Waals surface area contributed by atoms with E-state index in [1.54, 1.807) is 32.0 Å². The Balaban J connectivity index is 2.00. The molecule has 0 aliphatic carbocycles. The fourth-order valence-electron chi connectivity index (χ4n) is 2.91. The Morgan fingerprint density at radius 3 is 2.59 bits per heavy atom. The number of benzene rings is 1. The van der Waals surface area contributed by atoms with Crippen LogP contribution >= 0.6 is 0 Å². The summed E-state index contributed by atoms with van der Waals surface area (Å²) in [5, 5.41) is 10.5. The molecular weight excluding hydrogens is 372 g/mol. The fraction of sp³-hybridized carbons (Fsp3) is 0.400. The fourth-order valence-corrected chi connectivity index (χ4v) is 2.91. The molecule has 1 aliphatic heterocycles. The van der Waals surface area contributed by atoms with Crippen molar-refractivity contribution in [2.75, 3.05) is 4.90 Å². The Morgan fingerprint density at radius 2 is 2.00 bits per heavy atom. The van der Waals surface area contributed by atoms with Gasteiger partial charge in [-0.2, -0.15) is 9.88 Å². The Kier molecular flexibility index (Phi) is 5.20. The number of ether oxygens (including phenoxy) is 1. The van der Waals surface area contributed by atoms with Gasteiger partial charge in [0.1, 0.15) is 17.5 Å². The van der Waals surface area contributed by atoms with Crippen LogP contribution in [0.2, 0.25) is 0 Å². The van der Waals surface area contributed by atoms with E-state index < -0.39 is 18.0 Å². The number of anilines is 1. The van der Waals surface area contributed by atoms with Crippen molar-refractivity contribution in [1.82, 2.24) is 20.5 Å². The van der Waals surface area contributed by atoms with Crippen molar-refractivity contribution >= 4 is 23.6 Å². The van der Waals surface area contributed by atoms with E-state index in [1.807, 2.05) is 20.8 Å². The number of carbonyl (C=O) groups excluding carboxylic acids is 2. The molecule has 1 aromatic carbocycles. The second kappa shape index (κ2) is 7.47. The highest BCUT2D eigenvalue weighted by atomic mass is 16.5. The third-order valence-corrected chi connectivity index (χ3v) is 4.53. The van der Waals surface area contributed by atoms with Crippen molar-refractivity contribution in [2.45, 2.75) is 52.5 Å². The number of urea groups is 1. The minimum absolute atomic E-state index is 0.136. The lowest BCUT2D eigenvalue weighted by Gasteiger charge is -2.23. The van der Waals surface area contributed by atoms with Gasteiger partial charge in [-0.3, -0.25) is 4.79 Å². The van der Waals surface area contributed by atoms with Gasteiger partial charge in [-0.25, -0.2) is 9.64 Å². The maximum Gasteiger partial charge on any atom is 0.331 e. The molecule has 1 N–H and O–H groups in total. The molecule has 0 radical (unpaired) electrons. The molecule has 1 aliphatic rings. The number of nitrogens with zero attached hydrogens (tertiary/aromatic N) is 5. The van der Waals surface area contributed by atoms with Gasteiger partial charge >= 0.3 is 6.03 Å². The van der Waals surface area contributed by atoms with Crippen LogP contribution in [0.25, 0.3) is 4.85 Å². The van der Waals surface area contributed by atoms with Gasteiger partial charge in [0, 0.05) is 0 Å². The molecule has 0 saturated carbocycles. The van der Waals surface area contributed by atoms with Gasteiger partial charge in [0.05, 0.1) is 6.57 Å². The van der Waals surface area contributed by atoms with Gasteiger partial charge in [0.15, 0.2) is 5.69 Å². The molecule has 0 unspecified atom stereocenters. The van der Waals surface area contributed by atoms with Crippen LogP contribution in [0, 0.1) is 13.5 Å². The van der Waals surface area contributed by atoms with Gasteiger partial charge in [0.25, 0.3) is 11.9 Å². The van der Waals surface area contributed by atoms with E-state index in [2.05, 4.69) is 25.3 Å². The predicted octanol–water partition coefficient (Wildman–Crippen LogP) is 3.66. The smallest absolute Gasteiger partial charge is 0.331 e. The zero-order chi connectivity index (χ0) is 21.3. The topological polar surface area (TPSA) is 102 Å². The van der Waals surface area contributed by atoms with Gasteiger partial charge < -0.3 is 10.1 Å². The van der Waals surface area contributed by atoms with Crippen molar-refractivity contribution < 1.29 is 14.3 Å².